The Labute approximate surface area is 95.6 Å². The molecule has 0 fully saturated rings. The third kappa shape index (κ3) is 3.53. The van der Waals surface area contributed by atoms with Crippen molar-refractivity contribution in [3.8, 4) is 0 Å². The number of nitrogens with one attached hydrogen (secondary N) is 1. The topological polar surface area (TPSA) is 51.1 Å². The zero-order valence-corrected chi connectivity index (χ0v) is 9.99. The number of carbonyl (C=O) groups is 2. The Morgan fingerprint density at radius 2 is 2.19 bits per heavy atom. The molecule has 4 nitrogen and oxygen atoms in total. The molecule has 1 N–H and O–H groups in total. The number of aromatic nitrogens is 1. The molecule has 0 saturated heterocycles. The van der Waals surface area contributed by atoms with Crippen molar-refractivity contribution >= 4 is 11.7 Å². The fraction of sp³-hybridized carbons (Fsp3) is 0.500. The first-order valence-corrected chi connectivity index (χ1v) is 5.49. The summed E-state index contributed by atoms with van der Waals surface area (Å²) in [5, 5.41) is 2.87. The van der Waals surface area contributed by atoms with Crippen LogP contribution in [0.4, 0.5) is 0 Å². The van der Waals surface area contributed by atoms with Crippen LogP contribution < -0.4 is 5.32 Å². The van der Waals surface area contributed by atoms with E-state index >= 15 is 0 Å². The molecule has 1 heterocycles. The van der Waals surface area contributed by atoms with E-state index in [1.54, 1.807) is 23.0 Å². The van der Waals surface area contributed by atoms with Crippen LogP contribution in [0.15, 0.2) is 18.5 Å². The Kier molecular flexibility index (Phi) is 4.28. The summed E-state index contributed by atoms with van der Waals surface area (Å²) in [7, 11) is 0. The first kappa shape index (κ1) is 12.5. The molecule has 1 aromatic rings. The molecule has 0 saturated carbocycles. The number of rotatable bonds is 5. The highest BCUT2D eigenvalue weighted by molar-refractivity contribution is 5.93. The third-order valence-corrected chi connectivity index (χ3v) is 2.50. The number of carbonyl (C=O) groups excluding carboxylic acids is 2. The molecule has 0 aliphatic heterocycles. The maximum absolute atomic E-state index is 11.5. The molecule has 0 aliphatic rings. The Bertz CT molecular complexity index is 382. The Hall–Kier alpha value is -1.58. The summed E-state index contributed by atoms with van der Waals surface area (Å²) in [4.78, 5) is 22.6. The zero-order chi connectivity index (χ0) is 12.1. The van der Waals surface area contributed by atoms with Crippen LogP contribution in [-0.4, -0.2) is 22.3 Å². The lowest BCUT2D eigenvalue weighted by molar-refractivity contribution is -0.122. The van der Waals surface area contributed by atoms with Crippen molar-refractivity contribution in [1.82, 2.24) is 9.88 Å². The smallest absolute Gasteiger partial charge is 0.240 e. The van der Waals surface area contributed by atoms with Crippen LogP contribution in [0.3, 0.4) is 0 Å². The quantitative estimate of drug-likeness (QED) is 0.769. The first-order chi connectivity index (χ1) is 7.52. The van der Waals surface area contributed by atoms with E-state index in [2.05, 4.69) is 5.32 Å². The molecule has 0 radical (unpaired) electrons. The average molecular weight is 222 g/mol. The summed E-state index contributed by atoms with van der Waals surface area (Å²) in [5.74, 6) is -0.0128. The largest absolute Gasteiger partial charge is 0.352 e. The number of hydrogen-bond acceptors (Lipinski definition) is 2. The molecule has 4 heteroatoms. The van der Waals surface area contributed by atoms with E-state index in [9.17, 15) is 9.59 Å². The minimum absolute atomic E-state index is 0.0149. The van der Waals surface area contributed by atoms with Gasteiger partial charge in [-0.25, -0.2) is 0 Å². The fourth-order valence-corrected chi connectivity index (χ4v) is 1.34. The Morgan fingerprint density at radius 1 is 1.50 bits per heavy atom. The second kappa shape index (κ2) is 5.49. The van der Waals surface area contributed by atoms with E-state index in [4.69, 9.17) is 0 Å². The first-order valence-electron chi connectivity index (χ1n) is 5.49. The minimum atomic E-state index is -0.0277. The number of nitrogens with zero attached hydrogens (tertiary/aromatic N) is 1. The van der Waals surface area contributed by atoms with Crippen LogP contribution in [0.5, 0.6) is 0 Å². The predicted molar refractivity (Wildman–Crippen MR) is 62.3 cm³/mol. The summed E-state index contributed by atoms with van der Waals surface area (Å²) >= 11 is 0. The molecule has 0 bridgehead atoms. The molecule has 1 rings (SSSR count). The predicted octanol–water partition coefficient (Wildman–Crippen LogP) is 1.61. The molecule has 88 valence electrons. The van der Waals surface area contributed by atoms with Gasteiger partial charge in [0.25, 0.3) is 0 Å². The van der Waals surface area contributed by atoms with Crippen LogP contribution in [0.2, 0.25) is 0 Å². The summed E-state index contributed by atoms with van der Waals surface area (Å²) < 4.78 is 1.72. The number of hydrogen-bond donors (Lipinski definition) is 1. The van der Waals surface area contributed by atoms with Gasteiger partial charge in [-0.15, -0.1) is 0 Å². The van der Waals surface area contributed by atoms with Gasteiger partial charge >= 0.3 is 0 Å². The molecular weight excluding hydrogens is 204 g/mol. The van der Waals surface area contributed by atoms with Crippen molar-refractivity contribution in [2.24, 2.45) is 0 Å². The SMILES string of the molecule is CCC(C)NC(=O)Cn1ccc(C(C)=O)c1. The van der Waals surface area contributed by atoms with Gasteiger partial charge in [0.2, 0.25) is 5.91 Å². The van der Waals surface area contributed by atoms with E-state index in [0.29, 0.717) is 5.56 Å². The summed E-state index contributed by atoms with van der Waals surface area (Å²) in [6, 6.07) is 1.91. The van der Waals surface area contributed by atoms with Crippen molar-refractivity contribution in [1.29, 1.82) is 0 Å². The van der Waals surface area contributed by atoms with E-state index in [-0.39, 0.29) is 24.3 Å². The molecule has 0 aliphatic carbocycles. The summed E-state index contributed by atoms with van der Waals surface area (Å²) in [5.41, 5.74) is 0.635. The Morgan fingerprint density at radius 3 is 2.69 bits per heavy atom. The van der Waals surface area contributed by atoms with E-state index in [1.807, 2.05) is 13.8 Å². The van der Waals surface area contributed by atoms with Crippen LogP contribution in [0.25, 0.3) is 0 Å². The maximum Gasteiger partial charge on any atom is 0.240 e. The second-order valence-corrected chi connectivity index (χ2v) is 4.01. The number of Topliss-reactive ketones (excluding diaryl/α,β-unsaturated/α-hetero) is 1. The molecule has 1 atom stereocenters. The molecule has 1 aromatic heterocycles. The highest BCUT2D eigenvalue weighted by Gasteiger charge is 2.07. The van der Waals surface area contributed by atoms with Gasteiger partial charge in [-0.1, -0.05) is 6.92 Å². The zero-order valence-electron chi connectivity index (χ0n) is 9.99. The van der Waals surface area contributed by atoms with Crippen molar-refractivity contribution in [2.75, 3.05) is 0 Å². The number of ketones is 1. The van der Waals surface area contributed by atoms with Gasteiger partial charge in [0.05, 0.1) is 0 Å². The monoisotopic (exact) mass is 222 g/mol. The van der Waals surface area contributed by atoms with Gasteiger partial charge in [0.15, 0.2) is 5.78 Å². The minimum Gasteiger partial charge on any atom is -0.352 e. The lowest BCUT2D eigenvalue weighted by atomic mass is 10.2. The average Bonchev–Trinajstić information content (AvgIpc) is 2.65. The molecule has 0 spiro atoms. The third-order valence-electron chi connectivity index (χ3n) is 2.50. The van der Waals surface area contributed by atoms with Gasteiger partial charge < -0.3 is 9.88 Å². The molecule has 0 aromatic carbocycles. The van der Waals surface area contributed by atoms with Gasteiger partial charge in [-0.3, -0.25) is 9.59 Å². The summed E-state index contributed by atoms with van der Waals surface area (Å²) in [6.07, 6.45) is 4.35. The highest BCUT2D eigenvalue weighted by Crippen LogP contribution is 2.02. The molecule has 16 heavy (non-hydrogen) atoms. The van der Waals surface area contributed by atoms with E-state index < -0.39 is 0 Å². The Balaban J connectivity index is 2.53. The highest BCUT2D eigenvalue weighted by atomic mass is 16.2. The van der Waals surface area contributed by atoms with Gasteiger partial charge in [-0.2, -0.15) is 0 Å². The molecule has 1 amide bonds. The van der Waals surface area contributed by atoms with E-state index in [1.165, 1.54) is 6.92 Å². The molecule has 1 unspecified atom stereocenters. The van der Waals surface area contributed by atoms with Gasteiger partial charge in [0, 0.05) is 24.0 Å². The van der Waals surface area contributed by atoms with Gasteiger partial charge in [-0.05, 0) is 26.3 Å². The molecular formula is C12H18N2O2. The van der Waals surface area contributed by atoms with Crippen LogP contribution in [0, 0.1) is 0 Å². The van der Waals surface area contributed by atoms with Crippen LogP contribution in [0.1, 0.15) is 37.6 Å². The lowest BCUT2D eigenvalue weighted by Crippen LogP contribution is -2.34. The van der Waals surface area contributed by atoms with Crippen molar-refractivity contribution in [3.05, 3.63) is 24.0 Å². The second-order valence-electron chi connectivity index (χ2n) is 4.01. The van der Waals surface area contributed by atoms with Crippen LogP contribution >= 0.6 is 0 Å². The van der Waals surface area contributed by atoms with E-state index in [0.717, 1.165) is 6.42 Å². The summed E-state index contributed by atoms with van der Waals surface area (Å²) in [6.45, 7) is 5.76. The number of amides is 1. The van der Waals surface area contributed by atoms with Crippen molar-refractivity contribution in [2.45, 2.75) is 39.8 Å². The standard InChI is InChI=1S/C12H18N2O2/c1-4-9(2)13-12(16)8-14-6-5-11(7-14)10(3)15/h5-7,9H,4,8H2,1-3H3,(H,13,16). The van der Waals surface area contributed by atoms with Gasteiger partial charge in [0.1, 0.15) is 6.54 Å². The van der Waals surface area contributed by atoms with Crippen molar-refractivity contribution in [3.63, 3.8) is 0 Å². The normalized spacial score (nSPS) is 12.2. The van der Waals surface area contributed by atoms with Crippen LogP contribution in [-0.2, 0) is 11.3 Å². The van der Waals surface area contributed by atoms with Crippen molar-refractivity contribution < 1.29 is 9.59 Å². The maximum atomic E-state index is 11.5. The fourth-order valence-electron chi connectivity index (χ4n) is 1.34. The lowest BCUT2D eigenvalue weighted by Gasteiger charge is -2.11.